The molecule has 0 aliphatic rings. The predicted molar refractivity (Wildman–Crippen MR) is 69.2 cm³/mol. The normalized spacial score (nSPS) is 14.5. The summed E-state index contributed by atoms with van der Waals surface area (Å²) in [7, 11) is 1.62. The maximum atomic E-state index is 14.8. The summed E-state index contributed by atoms with van der Waals surface area (Å²) in [6, 6.07) is 3.74. The molecule has 1 aromatic carbocycles. The zero-order chi connectivity index (χ0) is 13.1. The number of aryl methyl sites for hydroxylation is 2. The molecule has 0 saturated carbocycles. The molecule has 0 amide bonds. The van der Waals surface area contributed by atoms with Crippen LogP contribution in [0.4, 0.5) is 4.39 Å². The lowest BCUT2D eigenvalue weighted by Gasteiger charge is -2.26. The maximum absolute atomic E-state index is 14.8. The van der Waals surface area contributed by atoms with E-state index in [9.17, 15) is 4.39 Å². The van der Waals surface area contributed by atoms with Gasteiger partial charge >= 0.3 is 0 Å². The third-order valence-corrected chi connectivity index (χ3v) is 3.19. The minimum Gasteiger partial charge on any atom is -0.496 e. The van der Waals surface area contributed by atoms with Crippen LogP contribution < -0.4 is 10.5 Å². The number of ether oxygens (including phenoxy) is 1. The Bertz CT molecular complexity index is 392. The lowest BCUT2D eigenvalue weighted by molar-refractivity contribution is 0.158. The molecule has 1 unspecified atom stereocenters. The van der Waals surface area contributed by atoms with E-state index in [2.05, 4.69) is 0 Å². The lowest BCUT2D eigenvalue weighted by atomic mass is 9.87. The van der Waals surface area contributed by atoms with Gasteiger partial charge in [-0.3, -0.25) is 0 Å². The van der Waals surface area contributed by atoms with Crippen molar-refractivity contribution >= 4 is 0 Å². The van der Waals surface area contributed by atoms with Crippen molar-refractivity contribution in [3.8, 4) is 5.75 Å². The molecule has 0 radical (unpaired) electrons. The van der Waals surface area contributed by atoms with Gasteiger partial charge in [-0.15, -0.1) is 0 Å². The number of halogens is 1. The van der Waals surface area contributed by atoms with Crippen molar-refractivity contribution in [2.24, 2.45) is 5.73 Å². The molecule has 0 heterocycles. The summed E-state index contributed by atoms with van der Waals surface area (Å²) in [5.74, 6) is 0.794. The highest BCUT2D eigenvalue weighted by Gasteiger charge is 2.31. The summed E-state index contributed by atoms with van der Waals surface area (Å²) in [5, 5.41) is 0. The summed E-state index contributed by atoms with van der Waals surface area (Å²) >= 11 is 0. The van der Waals surface area contributed by atoms with Gasteiger partial charge in [0.15, 0.2) is 0 Å². The minimum absolute atomic E-state index is 0.0213. The zero-order valence-electron chi connectivity index (χ0n) is 11.1. The van der Waals surface area contributed by atoms with Gasteiger partial charge in [-0.25, -0.2) is 4.39 Å². The molecule has 0 bridgehead atoms. The first-order chi connectivity index (χ1) is 7.98. The molecule has 0 aliphatic heterocycles. The van der Waals surface area contributed by atoms with Crippen LogP contribution in [0.25, 0.3) is 0 Å². The smallest absolute Gasteiger partial charge is 0.148 e. The van der Waals surface area contributed by atoms with Crippen LogP contribution in [-0.4, -0.2) is 13.7 Å². The van der Waals surface area contributed by atoms with Crippen LogP contribution in [0.1, 0.15) is 36.5 Å². The average molecular weight is 239 g/mol. The van der Waals surface area contributed by atoms with Crippen LogP contribution in [0, 0.1) is 13.8 Å². The summed E-state index contributed by atoms with van der Waals surface area (Å²) < 4.78 is 20.0. The maximum Gasteiger partial charge on any atom is 0.148 e. The highest BCUT2D eigenvalue weighted by atomic mass is 19.1. The van der Waals surface area contributed by atoms with E-state index >= 15 is 0 Å². The molecular formula is C14H22FNO. The first-order valence-corrected chi connectivity index (χ1v) is 6.03. The van der Waals surface area contributed by atoms with E-state index in [-0.39, 0.29) is 6.54 Å². The lowest BCUT2D eigenvalue weighted by Crippen LogP contribution is -2.31. The summed E-state index contributed by atoms with van der Waals surface area (Å²) in [4.78, 5) is 0. The summed E-state index contributed by atoms with van der Waals surface area (Å²) in [6.07, 6.45) is 1.23. The highest BCUT2D eigenvalue weighted by Crippen LogP contribution is 2.35. The van der Waals surface area contributed by atoms with E-state index in [1.54, 1.807) is 7.11 Å². The largest absolute Gasteiger partial charge is 0.496 e. The number of methoxy groups -OCH3 is 1. The molecule has 2 N–H and O–H groups in total. The molecule has 1 atom stereocenters. The second-order valence-corrected chi connectivity index (χ2v) is 4.56. The van der Waals surface area contributed by atoms with Crippen LogP contribution >= 0.6 is 0 Å². The van der Waals surface area contributed by atoms with Gasteiger partial charge in [-0.1, -0.05) is 13.3 Å². The van der Waals surface area contributed by atoms with Crippen LogP contribution in [-0.2, 0) is 5.67 Å². The number of nitrogens with two attached hydrogens (primary N) is 1. The van der Waals surface area contributed by atoms with Gasteiger partial charge < -0.3 is 10.5 Å². The van der Waals surface area contributed by atoms with Crippen molar-refractivity contribution in [3.63, 3.8) is 0 Å². The average Bonchev–Trinajstić information content (AvgIpc) is 2.31. The summed E-state index contributed by atoms with van der Waals surface area (Å²) in [6.45, 7) is 5.81. The fourth-order valence-corrected chi connectivity index (χ4v) is 2.24. The predicted octanol–water partition coefficient (Wildman–Crippen LogP) is 3.24. The third kappa shape index (κ3) is 2.78. The first kappa shape index (κ1) is 14.0. The molecule has 0 aromatic heterocycles. The monoisotopic (exact) mass is 239 g/mol. The second-order valence-electron chi connectivity index (χ2n) is 4.56. The van der Waals surface area contributed by atoms with E-state index in [1.165, 1.54) is 0 Å². The molecule has 1 aromatic rings. The van der Waals surface area contributed by atoms with E-state index in [4.69, 9.17) is 10.5 Å². The molecule has 0 fully saturated rings. The first-order valence-electron chi connectivity index (χ1n) is 6.03. The van der Waals surface area contributed by atoms with Gasteiger partial charge in [0.2, 0.25) is 0 Å². The molecule has 17 heavy (non-hydrogen) atoms. The van der Waals surface area contributed by atoms with E-state index < -0.39 is 5.67 Å². The number of hydrogen-bond acceptors (Lipinski definition) is 2. The van der Waals surface area contributed by atoms with Crippen LogP contribution in [0.5, 0.6) is 5.75 Å². The van der Waals surface area contributed by atoms with Crippen LogP contribution in [0.2, 0.25) is 0 Å². The molecule has 0 saturated heterocycles. The fraction of sp³-hybridized carbons (Fsp3) is 0.571. The molecule has 2 nitrogen and oxygen atoms in total. The Morgan fingerprint density at radius 3 is 2.41 bits per heavy atom. The van der Waals surface area contributed by atoms with E-state index in [0.717, 1.165) is 23.3 Å². The van der Waals surface area contributed by atoms with Gasteiger partial charge in [0.1, 0.15) is 11.4 Å². The van der Waals surface area contributed by atoms with Gasteiger partial charge in [0, 0.05) is 6.54 Å². The van der Waals surface area contributed by atoms with Crippen LogP contribution in [0.3, 0.4) is 0 Å². The van der Waals surface area contributed by atoms with E-state index in [1.807, 2.05) is 32.9 Å². The van der Waals surface area contributed by atoms with Gasteiger partial charge in [0.25, 0.3) is 0 Å². The second kappa shape index (κ2) is 5.50. The minimum atomic E-state index is -1.42. The van der Waals surface area contributed by atoms with Crippen molar-refractivity contribution in [2.45, 2.75) is 39.3 Å². The standard InChI is InChI=1S/C14H22FNO/c1-5-6-14(15,9-16)12-7-11(3)13(17-4)8-10(12)2/h7-8H,5-6,9,16H2,1-4H3. The number of rotatable bonds is 5. The Labute approximate surface area is 103 Å². The van der Waals surface area contributed by atoms with Crippen molar-refractivity contribution in [2.75, 3.05) is 13.7 Å². The fourth-order valence-electron chi connectivity index (χ4n) is 2.24. The quantitative estimate of drug-likeness (QED) is 0.856. The molecule has 1 rings (SSSR count). The Balaban J connectivity index is 3.25. The van der Waals surface area contributed by atoms with Gasteiger partial charge in [-0.2, -0.15) is 0 Å². The SMILES string of the molecule is CCCC(F)(CN)c1cc(C)c(OC)cc1C. The Morgan fingerprint density at radius 1 is 1.29 bits per heavy atom. The Morgan fingerprint density at radius 2 is 1.94 bits per heavy atom. The van der Waals surface area contributed by atoms with Crippen molar-refractivity contribution < 1.29 is 9.13 Å². The Hall–Kier alpha value is -1.09. The third-order valence-electron chi connectivity index (χ3n) is 3.19. The van der Waals surface area contributed by atoms with Crippen LogP contribution in [0.15, 0.2) is 12.1 Å². The summed E-state index contributed by atoms with van der Waals surface area (Å²) in [5.41, 5.74) is 6.72. The number of hydrogen-bond donors (Lipinski definition) is 1. The number of benzene rings is 1. The van der Waals surface area contributed by atoms with Crippen molar-refractivity contribution in [1.29, 1.82) is 0 Å². The molecule has 96 valence electrons. The van der Waals surface area contributed by atoms with Gasteiger partial charge in [0.05, 0.1) is 7.11 Å². The number of alkyl halides is 1. The molecule has 0 aliphatic carbocycles. The van der Waals surface area contributed by atoms with Crippen molar-refractivity contribution in [3.05, 3.63) is 28.8 Å². The van der Waals surface area contributed by atoms with Gasteiger partial charge in [-0.05, 0) is 49.1 Å². The zero-order valence-corrected chi connectivity index (χ0v) is 11.1. The molecular weight excluding hydrogens is 217 g/mol. The molecule has 3 heteroatoms. The van der Waals surface area contributed by atoms with E-state index in [0.29, 0.717) is 12.0 Å². The topological polar surface area (TPSA) is 35.2 Å². The highest BCUT2D eigenvalue weighted by molar-refractivity contribution is 5.44. The molecule has 0 spiro atoms. The van der Waals surface area contributed by atoms with Crippen molar-refractivity contribution in [1.82, 2.24) is 0 Å². The Kier molecular flexibility index (Phi) is 4.52.